The van der Waals surface area contributed by atoms with Gasteiger partial charge in [-0.25, -0.2) is 9.67 Å². The van der Waals surface area contributed by atoms with Crippen LogP contribution in [0.1, 0.15) is 30.8 Å². The molecule has 0 unspecified atom stereocenters. The van der Waals surface area contributed by atoms with Gasteiger partial charge in [-0.15, -0.1) is 0 Å². The van der Waals surface area contributed by atoms with E-state index in [1.54, 1.807) is 18.6 Å². The van der Waals surface area contributed by atoms with Crippen LogP contribution in [0.4, 0.5) is 0 Å². The Bertz CT molecular complexity index is 504. The van der Waals surface area contributed by atoms with Gasteiger partial charge in [0.05, 0.1) is 17.6 Å². The van der Waals surface area contributed by atoms with Crippen molar-refractivity contribution in [1.29, 1.82) is 0 Å². The molecule has 18 heavy (non-hydrogen) atoms. The van der Waals surface area contributed by atoms with Crippen molar-refractivity contribution in [2.24, 2.45) is 0 Å². The highest BCUT2D eigenvalue weighted by Gasteiger charge is 2.16. The van der Waals surface area contributed by atoms with E-state index in [0.717, 1.165) is 30.9 Å². The highest BCUT2D eigenvalue weighted by Crippen LogP contribution is 2.18. The van der Waals surface area contributed by atoms with Gasteiger partial charge >= 0.3 is 0 Å². The summed E-state index contributed by atoms with van der Waals surface area (Å²) in [5, 5.41) is 7.87. The molecule has 0 spiro atoms. The number of hydrogen-bond acceptors (Lipinski definition) is 4. The molecule has 1 N–H and O–H groups in total. The van der Waals surface area contributed by atoms with Crippen LogP contribution in [-0.4, -0.2) is 26.8 Å². The Balaban J connectivity index is 2.54. The van der Waals surface area contributed by atoms with Crippen molar-refractivity contribution in [2.45, 2.75) is 33.2 Å². The maximum Gasteiger partial charge on any atom is 0.172 e. The Kier molecular flexibility index (Phi) is 4.04. The van der Waals surface area contributed by atoms with Gasteiger partial charge in [0.2, 0.25) is 0 Å². The van der Waals surface area contributed by atoms with Crippen molar-refractivity contribution >= 4 is 0 Å². The number of nitrogens with zero attached hydrogens (tertiary/aromatic N) is 4. The van der Waals surface area contributed by atoms with E-state index in [4.69, 9.17) is 0 Å². The lowest BCUT2D eigenvalue weighted by molar-refractivity contribution is 0.760. The van der Waals surface area contributed by atoms with Gasteiger partial charge < -0.3 is 5.32 Å². The molecule has 0 radical (unpaired) electrons. The number of aromatic nitrogens is 4. The highest BCUT2D eigenvalue weighted by molar-refractivity contribution is 5.32. The van der Waals surface area contributed by atoms with Crippen molar-refractivity contribution in [3.8, 4) is 5.82 Å². The Labute approximate surface area is 107 Å². The smallest absolute Gasteiger partial charge is 0.172 e. The monoisotopic (exact) mass is 245 g/mol. The first-order valence-corrected chi connectivity index (χ1v) is 6.32. The van der Waals surface area contributed by atoms with E-state index in [2.05, 4.69) is 34.2 Å². The van der Waals surface area contributed by atoms with E-state index in [1.165, 1.54) is 11.3 Å². The SMILES string of the molecule is CCc1nn(-c2cnccn2)c(CC)c1CNC. The summed E-state index contributed by atoms with van der Waals surface area (Å²) < 4.78 is 1.92. The average Bonchev–Trinajstić information content (AvgIpc) is 2.78. The first kappa shape index (κ1) is 12.7. The molecule has 5 heteroatoms. The van der Waals surface area contributed by atoms with Crippen molar-refractivity contribution in [1.82, 2.24) is 25.1 Å². The molecule has 96 valence electrons. The molecule has 0 saturated carbocycles. The molecule has 0 fully saturated rings. The second-order valence-electron chi connectivity index (χ2n) is 4.08. The van der Waals surface area contributed by atoms with Gasteiger partial charge in [0.25, 0.3) is 0 Å². The normalized spacial score (nSPS) is 10.8. The number of nitrogens with one attached hydrogen (secondary N) is 1. The first-order chi connectivity index (χ1) is 8.81. The lowest BCUT2D eigenvalue weighted by atomic mass is 10.1. The van der Waals surface area contributed by atoms with Gasteiger partial charge in [0.1, 0.15) is 0 Å². The average molecular weight is 245 g/mol. The molecule has 5 nitrogen and oxygen atoms in total. The molecule has 2 heterocycles. The van der Waals surface area contributed by atoms with Crippen LogP contribution in [0.5, 0.6) is 0 Å². The van der Waals surface area contributed by atoms with Crippen molar-refractivity contribution in [3.05, 3.63) is 35.5 Å². The molecule has 0 aromatic carbocycles. The molecule has 0 aliphatic rings. The summed E-state index contributed by atoms with van der Waals surface area (Å²) in [7, 11) is 1.96. The van der Waals surface area contributed by atoms with Gasteiger partial charge in [0, 0.05) is 24.5 Å². The first-order valence-electron chi connectivity index (χ1n) is 6.32. The van der Waals surface area contributed by atoms with E-state index in [0.29, 0.717) is 0 Å². The number of rotatable bonds is 5. The zero-order chi connectivity index (χ0) is 13.0. The second-order valence-corrected chi connectivity index (χ2v) is 4.08. The summed E-state index contributed by atoms with van der Waals surface area (Å²) in [6.07, 6.45) is 6.97. The lowest BCUT2D eigenvalue weighted by Gasteiger charge is -2.06. The van der Waals surface area contributed by atoms with Crippen LogP contribution in [0.25, 0.3) is 5.82 Å². The largest absolute Gasteiger partial charge is 0.316 e. The Morgan fingerprint density at radius 1 is 1.22 bits per heavy atom. The van der Waals surface area contributed by atoms with Gasteiger partial charge in [-0.3, -0.25) is 4.98 Å². The van der Waals surface area contributed by atoms with Crippen LogP contribution >= 0.6 is 0 Å². The van der Waals surface area contributed by atoms with Crippen molar-refractivity contribution < 1.29 is 0 Å². The van der Waals surface area contributed by atoms with E-state index in [1.807, 2.05) is 11.7 Å². The fourth-order valence-corrected chi connectivity index (χ4v) is 2.15. The number of aryl methyl sites for hydroxylation is 1. The van der Waals surface area contributed by atoms with Gasteiger partial charge in [-0.1, -0.05) is 13.8 Å². The molecule has 0 aliphatic carbocycles. The topological polar surface area (TPSA) is 55.6 Å². The minimum Gasteiger partial charge on any atom is -0.316 e. The summed E-state index contributed by atoms with van der Waals surface area (Å²) in [5.74, 6) is 0.784. The Hall–Kier alpha value is -1.75. The summed E-state index contributed by atoms with van der Waals surface area (Å²) in [4.78, 5) is 8.43. The molecule has 2 aromatic rings. The number of hydrogen-bond donors (Lipinski definition) is 1. The van der Waals surface area contributed by atoms with Gasteiger partial charge in [0.15, 0.2) is 5.82 Å². The quantitative estimate of drug-likeness (QED) is 0.867. The summed E-state index contributed by atoms with van der Waals surface area (Å²) in [6.45, 7) is 5.11. The summed E-state index contributed by atoms with van der Waals surface area (Å²) in [6, 6.07) is 0. The highest BCUT2D eigenvalue weighted by atomic mass is 15.3. The maximum absolute atomic E-state index is 4.66. The predicted molar refractivity (Wildman–Crippen MR) is 70.7 cm³/mol. The van der Waals surface area contributed by atoms with Crippen LogP contribution in [0.15, 0.2) is 18.6 Å². The van der Waals surface area contributed by atoms with Crippen LogP contribution in [0.2, 0.25) is 0 Å². The van der Waals surface area contributed by atoms with E-state index in [-0.39, 0.29) is 0 Å². The van der Waals surface area contributed by atoms with Crippen LogP contribution in [-0.2, 0) is 19.4 Å². The lowest BCUT2D eigenvalue weighted by Crippen LogP contribution is -2.10. The molecule has 0 saturated heterocycles. The van der Waals surface area contributed by atoms with Crippen LogP contribution < -0.4 is 5.32 Å². The third-order valence-corrected chi connectivity index (χ3v) is 2.96. The minimum absolute atomic E-state index is 0.784. The van der Waals surface area contributed by atoms with Crippen LogP contribution in [0.3, 0.4) is 0 Å². The molecule has 0 bridgehead atoms. The fraction of sp³-hybridized carbons (Fsp3) is 0.462. The van der Waals surface area contributed by atoms with E-state index in [9.17, 15) is 0 Å². The molecular formula is C13H19N5. The minimum atomic E-state index is 0.784. The fourth-order valence-electron chi connectivity index (χ4n) is 2.15. The van der Waals surface area contributed by atoms with Crippen molar-refractivity contribution in [3.63, 3.8) is 0 Å². The second kappa shape index (κ2) is 5.73. The third kappa shape index (κ3) is 2.26. The zero-order valence-corrected chi connectivity index (χ0v) is 11.1. The molecule has 0 atom stereocenters. The summed E-state index contributed by atoms with van der Waals surface area (Å²) >= 11 is 0. The standard InChI is InChI=1S/C13H19N5/c1-4-11-10(8-14-3)12(5-2)18(17-11)13-9-15-6-7-16-13/h6-7,9,14H,4-5,8H2,1-3H3. The molecule has 0 amide bonds. The molecule has 0 aliphatic heterocycles. The van der Waals surface area contributed by atoms with Gasteiger partial charge in [-0.2, -0.15) is 5.10 Å². The Morgan fingerprint density at radius 2 is 2.06 bits per heavy atom. The summed E-state index contributed by atoms with van der Waals surface area (Å²) in [5.41, 5.74) is 3.63. The zero-order valence-electron chi connectivity index (χ0n) is 11.1. The Morgan fingerprint density at radius 3 is 2.61 bits per heavy atom. The predicted octanol–water partition coefficient (Wildman–Crippen LogP) is 1.51. The molecular weight excluding hydrogens is 226 g/mol. The third-order valence-electron chi connectivity index (χ3n) is 2.96. The molecule has 2 aromatic heterocycles. The molecule has 2 rings (SSSR count). The van der Waals surface area contributed by atoms with E-state index < -0.39 is 0 Å². The maximum atomic E-state index is 4.66. The van der Waals surface area contributed by atoms with E-state index >= 15 is 0 Å². The van der Waals surface area contributed by atoms with Gasteiger partial charge in [-0.05, 0) is 19.9 Å². The van der Waals surface area contributed by atoms with Crippen molar-refractivity contribution in [2.75, 3.05) is 7.05 Å². The van der Waals surface area contributed by atoms with Crippen LogP contribution in [0, 0.1) is 0 Å².